The number of nitrogens with one attached hydrogen (secondary N) is 1. The molecule has 1 aromatic carbocycles. The molecule has 4 fully saturated rings. The summed E-state index contributed by atoms with van der Waals surface area (Å²) in [6.45, 7) is 0. The molecule has 132 valence electrons. The standard InChI is InChI=1S/C21H24Cl2N2/c22-18-2-1-16(8-19(18)23)20-24-12-17(25-20)3-4-21-9-13-5-14(10-21)7-15(6-13)11-21/h1-2,8,12-15H,3-7,9-11H2,(H,24,25). The van der Waals surface area contributed by atoms with E-state index in [4.69, 9.17) is 23.2 Å². The van der Waals surface area contributed by atoms with Gasteiger partial charge in [0.25, 0.3) is 0 Å². The molecule has 4 heteroatoms. The molecule has 0 amide bonds. The molecule has 4 bridgehead atoms. The minimum Gasteiger partial charge on any atom is -0.342 e. The Morgan fingerprint density at radius 1 is 1.00 bits per heavy atom. The molecule has 0 saturated heterocycles. The Morgan fingerprint density at radius 3 is 2.32 bits per heavy atom. The second-order valence-electron chi connectivity index (χ2n) is 8.80. The molecule has 1 heterocycles. The summed E-state index contributed by atoms with van der Waals surface area (Å²) in [6, 6.07) is 5.68. The molecule has 0 spiro atoms. The maximum atomic E-state index is 6.13. The third-order valence-electron chi connectivity index (χ3n) is 6.91. The summed E-state index contributed by atoms with van der Waals surface area (Å²) < 4.78 is 0. The molecule has 2 nitrogen and oxygen atoms in total. The maximum Gasteiger partial charge on any atom is 0.137 e. The first-order valence-electron chi connectivity index (χ1n) is 9.58. The molecule has 0 atom stereocenters. The SMILES string of the molecule is Clc1ccc(-c2ncc(CCC34CC5CC(CC(C5)C3)C4)[nH]2)cc1Cl. The van der Waals surface area contributed by atoms with Crippen molar-refractivity contribution in [1.82, 2.24) is 9.97 Å². The Bertz CT molecular complexity index is 760. The van der Waals surface area contributed by atoms with E-state index in [-0.39, 0.29) is 0 Å². The zero-order valence-electron chi connectivity index (χ0n) is 14.4. The fourth-order valence-corrected chi connectivity index (χ4v) is 6.57. The van der Waals surface area contributed by atoms with Crippen LogP contribution in [0.5, 0.6) is 0 Å². The van der Waals surface area contributed by atoms with E-state index in [1.54, 1.807) is 0 Å². The van der Waals surface area contributed by atoms with Crippen LogP contribution in [0.4, 0.5) is 0 Å². The van der Waals surface area contributed by atoms with Crippen molar-refractivity contribution in [3.05, 3.63) is 40.1 Å². The molecule has 0 unspecified atom stereocenters. The number of hydrogen-bond acceptors (Lipinski definition) is 1. The molecule has 1 N–H and O–H groups in total. The van der Waals surface area contributed by atoms with Gasteiger partial charge in [-0.2, -0.15) is 0 Å². The first-order chi connectivity index (χ1) is 12.1. The lowest BCUT2D eigenvalue weighted by atomic mass is 9.48. The molecule has 4 aliphatic rings. The van der Waals surface area contributed by atoms with Crippen molar-refractivity contribution in [3.63, 3.8) is 0 Å². The zero-order valence-corrected chi connectivity index (χ0v) is 15.9. The van der Waals surface area contributed by atoms with Gasteiger partial charge >= 0.3 is 0 Å². The molecule has 1 aromatic heterocycles. The predicted molar refractivity (Wildman–Crippen MR) is 103 cm³/mol. The number of benzene rings is 1. The highest BCUT2D eigenvalue weighted by Crippen LogP contribution is 2.61. The van der Waals surface area contributed by atoms with Crippen LogP contribution in [0.3, 0.4) is 0 Å². The Balaban J connectivity index is 1.29. The van der Waals surface area contributed by atoms with Crippen molar-refractivity contribution in [3.8, 4) is 11.4 Å². The first kappa shape index (κ1) is 16.2. The minimum atomic E-state index is 0.575. The number of nitrogens with zero attached hydrogens (tertiary/aromatic N) is 1. The first-order valence-corrected chi connectivity index (χ1v) is 10.3. The number of imidazole rings is 1. The third kappa shape index (κ3) is 3.02. The summed E-state index contributed by atoms with van der Waals surface area (Å²) in [6.07, 6.45) is 13.4. The fourth-order valence-electron chi connectivity index (χ4n) is 6.27. The highest BCUT2D eigenvalue weighted by molar-refractivity contribution is 6.42. The molecular formula is C21H24Cl2N2. The van der Waals surface area contributed by atoms with Gasteiger partial charge in [0.05, 0.1) is 10.0 Å². The lowest BCUT2D eigenvalue weighted by Crippen LogP contribution is -2.46. The number of hydrogen-bond donors (Lipinski definition) is 1. The van der Waals surface area contributed by atoms with Crippen molar-refractivity contribution >= 4 is 23.2 Å². The summed E-state index contributed by atoms with van der Waals surface area (Å²) in [5.74, 6) is 3.97. The van der Waals surface area contributed by atoms with Crippen LogP contribution < -0.4 is 0 Å². The number of rotatable bonds is 4. The number of aryl methyl sites for hydroxylation is 1. The summed E-state index contributed by atoms with van der Waals surface area (Å²) in [4.78, 5) is 8.06. The van der Waals surface area contributed by atoms with Gasteiger partial charge in [-0.3, -0.25) is 0 Å². The topological polar surface area (TPSA) is 28.7 Å². The van der Waals surface area contributed by atoms with Crippen molar-refractivity contribution < 1.29 is 0 Å². The van der Waals surface area contributed by atoms with Gasteiger partial charge in [-0.05, 0) is 92.7 Å². The Kier molecular flexibility index (Phi) is 3.91. The third-order valence-corrected chi connectivity index (χ3v) is 7.65. The lowest BCUT2D eigenvalue weighted by molar-refractivity contribution is -0.0570. The van der Waals surface area contributed by atoms with Crippen LogP contribution in [-0.2, 0) is 6.42 Å². The van der Waals surface area contributed by atoms with Crippen molar-refractivity contribution in [2.24, 2.45) is 23.2 Å². The van der Waals surface area contributed by atoms with Crippen LogP contribution in [0.15, 0.2) is 24.4 Å². The van der Waals surface area contributed by atoms with Crippen LogP contribution in [0.1, 0.15) is 50.6 Å². The van der Waals surface area contributed by atoms with E-state index in [9.17, 15) is 0 Å². The molecule has 25 heavy (non-hydrogen) atoms. The number of aromatic amines is 1. The molecule has 4 aliphatic carbocycles. The average Bonchev–Trinajstić information content (AvgIpc) is 3.03. The second-order valence-corrected chi connectivity index (χ2v) is 9.62. The summed E-state index contributed by atoms with van der Waals surface area (Å²) in [5, 5.41) is 1.16. The average molecular weight is 375 g/mol. The summed E-state index contributed by atoms with van der Waals surface area (Å²) in [5.41, 5.74) is 2.87. The van der Waals surface area contributed by atoms with Crippen LogP contribution in [0, 0.1) is 23.2 Å². The fraction of sp³-hybridized carbons (Fsp3) is 0.571. The normalized spacial score (nSPS) is 33.1. The monoisotopic (exact) mass is 374 g/mol. The van der Waals surface area contributed by atoms with Gasteiger partial charge in [-0.1, -0.05) is 23.2 Å². The number of aromatic nitrogens is 2. The highest BCUT2D eigenvalue weighted by atomic mass is 35.5. The summed E-state index contributed by atoms with van der Waals surface area (Å²) >= 11 is 12.1. The van der Waals surface area contributed by atoms with Gasteiger partial charge in [0.2, 0.25) is 0 Å². The van der Waals surface area contributed by atoms with Gasteiger partial charge < -0.3 is 4.98 Å². The van der Waals surface area contributed by atoms with E-state index in [2.05, 4.69) is 9.97 Å². The highest BCUT2D eigenvalue weighted by Gasteiger charge is 2.50. The van der Waals surface area contributed by atoms with Crippen molar-refractivity contribution in [1.29, 1.82) is 0 Å². The van der Waals surface area contributed by atoms with Gasteiger partial charge in [0.1, 0.15) is 5.82 Å². The minimum absolute atomic E-state index is 0.575. The van der Waals surface area contributed by atoms with Gasteiger partial charge in [-0.15, -0.1) is 0 Å². The van der Waals surface area contributed by atoms with Crippen molar-refractivity contribution in [2.45, 2.75) is 51.4 Å². The Morgan fingerprint density at radius 2 is 1.68 bits per heavy atom. The number of H-pyrrole nitrogens is 1. The molecular weight excluding hydrogens is 351 g/mol. The van der Waals surface area contributed by atoms with E-state index in [1.807, 2.05) is 24.4 Å². The van der Waals surface area contributed by atoms with Crippen LogP contribution >= 0.6 is 23.2 Å². The van der Waals surface area contributed by atoms with Gasteiger partial charge in [0, 0.05) is 17.5 Å². The van der Waals surface area contributed by atoms with Crippen LogP contribution in [-0.4, -0.2) is 9.97 Å². The quantitative estimate of drug-likeness (QED) is 0.646. The number of halogens is 2. The van der Waals surface area contributed by atoms with Crippen LogP contribution in [0.2, 0.25) is 10.0 Å². The van der Waals surface area contributed by atoms with E-state index < -0.39 is 0 Å². The Labute approximate surface area is 159 Å². The van der Waals surface area contributed by atoms with Crippen molar-refractivity contribution in [2.75, 3.05) is 0 Å². The van der Waals surface area contributed by atoms with Gasteiger partial charge in [0.15, 0.2) is 0 Å². The lowest BCUT2D eigenvalue weighted by Gasteiger charge is -2.57. The molecule has 0 radical (unpaired) electrons. The van der Waals surface area contributed by atoms with Gasteiger partial charge in [-0.25, -0.2) is 4.98 Å². The predicted octanol–water partition coefficient (Wildman–Crippen LogP) is 6.53. The molecule has 2 aromatic rings. The molecule has 0 aliphatic heterocycles. The Hall–Kier alpha value is -0.990. The van der Waals surface area contributed by atoms with E-state index in [0.717, 1.165) is 35.6 Å². The zero-order chi connectivity index (χ0) is 17.0. The maximum absolute atomic E-state index is 6.13. The molecule has 6 rings (SSSR count). The van der Waals surface area contributed by atoms with E-state index in [0.29, 0.717) is 15.5 Å². The van der Waals surface area contributed by atoms with E-state index in [1.165, 1.54) is 50.6 Å². The largest absolute Gasteiger partial charge is 0.342 e. The van der Waals surface area contributed by atoms with E-state index >= 15 is 0 Å². The second kappa shape index (κ2) is 6.03. The van der Waals surface area contributed by atoms with Crippen LogP contribution in [0.25, 0.3) is 11.4 Å². The molecule has 4 saturated carbocycles. The summed E-state index contributed by atoms with van der Waals surface area (Å²) in [7, 11) is 0. The smallest absolute Gasteiger partial charge is 0.137 e.